The van der Waals surface area contributed by atoms with E-state index in [0.717, 1.165) is 103 Å². The van der Waals surface area contributed by atoms with Gasteiger partial charge in [-0.15, -0.1) is 0 Å². The maximum Gasteiger partial charge on any atom is 0.306 e. The van der Waals surface area contributed by atoms with Gasteiger partial charge >= 0.3 is 17.9 Å². The van der Waals surface area contributed by atoms with E-state index in [1.165, 1.54) is 116 Å². The van der Waals surface area contributed by atoms with Crippen molar-refractivity contribution < 1.29 is 28.6 Å². The van der Waals surface area contributed by atoms with Gasteiger partial charge in [0.2, 0.25) is 0 Å². The van der Waals surface area contributed by atoms with Crippen molar-refractivity contribution in [2.24, 2.45) is 0 Å². The van der Waals surface area contributed by atoms with Gasteiger partial charge < -0.3 is 14.2 Å². The monoisotopic (exact) mass is 919 g/mol. The standard InChI is InChI=1S/C60H102O6/c1-4-7-10-13-16-18-20-22-24-26-28-29-30-31-33-34-36-38-40-42-44-47-50-53-59(62)65-56-57(55-64-58(61)52-49-46-15-12-9-6-3)66-60(63)54-51-48-45-43-41-39-37-35-32-27-25-23-21-19-17-14-11-8-5-2/h8,11,17,19-20,22-23,25-26,28,32,35,39,41,57H,4-7,9-10,12-16,18,21,24,27,29-31,33-34,36-38,40,42-56H2,1-3H3/b11-8-,19-17-,22-20-,25-23-,28-26-,35-32-,41-39-. The molecule has 0 bridgehead atoms. The lowest BCUT2D eigenvalue weighted by molar-refractivity contribution is -0.167. The molecule has 1 unspecified atom stereocenters. The van der Waals surface area contributed by atoms with Crippen molar-refractivity contribution in [2.75, 3.05) is 13.2 Å². The summed E-state index contributed by atoms with van der Waals surface area (Å²) in [7, 11) is 0. The molecule has 0 spiro atoms. The molecule has 378 valence electrons. The maximum absolute atomic E-state index is 12.8. The zero-order valence-electron chi connectivity index (χ0n) is 43.2. The van der Waals surface area contributed by atoms with Crippen LogP contribution in [0.25, 0.3) is 0 Å². The molecular formula is C60H102O6. The topological polar surface area (TPSA) is 78.9 Å². The Hall–Kier alpha value is -3.41. The van der Waals surface area contributed by atoms with Crippen LogP contribution in [0.3, 0.4) is 0 Å². The van der Waals surface area contributed by atoms with Crippen molar-refractivity contribution in [1.82, 2.24) is 0 Å². The molecule has 0 aliphatic heterocycles. The normalized spacial score (nSPS) is 12.7. The van der Waals surface area contributed by atoms with Crippen LogP contribution in [0.4, 0.5) is 0 Å². The summed E-state index contributed by atoms with van der Waals surface area (Å²) in [6.07, 6.45) is 70.3. The Morgan fingerprint density at radius 1 is 0.318 bits per heavy atom. The molecule has 0 rings (SSSR count). The molecule has 0 saturated heterocycles. The van der Waals surface area contributed by atoms with E-state index in [0.29, 0.717) is 12.8 Å². The van der Waals surface area contributed by atoms with Crippen LogP contribution in [-0.4, -0.2) is 37.2 Å². The third-order valence-corrected chi connectivity index (χ3v) is 11.6. The SMILES string of the molecule is CC/C=C\C/C=C\C/C=C\C/C=C\C/C=C\CCCCCC(=O)OC(COC(=O)CCCCCCCC)COC(=O)CCCCCCCCCCCCC/C=C\C/C=C\CCCCCCC. The van der Waals surface area contributed by atoms with Crippen LogP contribution in [0.15, 0.2) is 85.1 Å². The summed E-state index contributed by atoms with van der Waals surface area (Å²) in [5, 5.41) is 0. The van der Waals surface area contributed by atoms with Gasteiger partial charge in [0.15, 0.2) is 6.10 Å². The fraction of sp³-hybridized carbons (Fsp3) is 0.717. The summed E-state index contributed by atoms with van der Waals surface area (Å²) < 4.78 is 16.7. The Morgan fingerprint density at radius 3 is 0.939 bits per heavy atom. The molecule has 0 fully saturated rings. The number of carbonyl (C=O) groups excluding carboxylic acids is 3. The molecule has 0 heterocycles. The van der Waals surface area contributed by atoms with Gasteiger partial charge in [0.25, 0.3) is 0 Å². The second-order valence-electron chi connectivity index (χ2n) is 18.1. The molecule has 0 radical (unpaired) electrons. The van der Waals surface area contributed by atoms with Crippen molar-refractivity contribution in [3.63, 3.8) is 0 Å². The largest absolute Gasteiger partial charge is 0.462 e. The Labute approximate surface area is 407 Å². The first-order valence-corrected chi connectivity index (χ1v) is 27.6. The van der Waals surface area contributed by atoms with E-state index in [1.54, 1.807) is 0 Å². The minimum Gasteiger partial charge on any atom is -0.462 e. The molecule has 0 saturated carbocycles. The number of ether oxygens (including phenoxy) is 3. The quantitative estimate of drug-likeness (QED) is 0.0262. The van der Waals surface area contributed by atoms with Crippen molar-refractivity contribution in [3.05, 3.63) is 85.1 Å². The first-order chi connectivity index (χ1) is 32.5. The summed E-state index contributed by atoms with van der Waals surface area (Å²) >= 11 is 0. The summed E-state index contributed by atoms with van der Waals surface area (Å²) in [4.78, 5) is 37.8. The van der Waals surface area contributed by atoms with E-state index in [4.69, 9.17) is 14.2 Å². The van der Waals surface area contributed by atoms with E-state index >= 15 is 0 Å². The van der Waals surface area contributed by atoms with Crippen molar-refractivity contribution in [1.29, 1.82) is 0 Å². The molecule has 1 atom stereocenters. The first-order valence-electron chi connectivity index (χ1n) is 27.6. The van der Waals surface area contributed by atoms with Crippen molar-refractivity contribution >= 4 is 17.9 Å². The molecule has 6 heteroatoms. The molecule has 6 nitrogen and oxygen atoms in total. The van der Waals surface area contributed by atoms with Crippen LogP contribution < -0.4 is 0 Å². The van der Waals surface area contributed by atoms with Gasteiger partial charge in [-0.3, -0.25) is 14.4 Å². The predicted molar refractivity (Wildman–Crippen MR) is 284 cm³/mol. The summed E-state index contributed by atoms with van der Waals surface area (Å²) in [5.74, 6) is -0.933. The van der Waals surface area contributed by atoms with E-state index in [1.807, 2.05) is 0 Å². The van der Waals surface area contributed by atoms with Gasteiger partial charge in [0.05, 0.1) is 0 Å². The van der Waals surface area contributed by atoms with E-state index in [9.17, 15) is 14.4 Å². The van der Waals surface area contributed by atoms with Gasteiger partial charge in [0.1, 0.15) is 13.2 Å². The lowest BCUT2D eigenvalue weighted by atomic mass is 10.0. The molecule has 0 aromatic rings. The zero-order chi connectivity index (χ0) is 47.9. The van der Waals surface area contributed by atoms with Crippen LogP contribution in [0, 0.1) is 0 Å². The van der Waals surface area contributed by atoms with Crippen LogP contribution in [-0.2, 0) is 28.6 Å². The fourth-order valence-electron chi connectivity index (χ4n) is 7.50. The number of rotatable bonds is 49. The van der Waals surface area contributed by atoms with E-state index in [-0.39, 0.29) is 37.5 Å². The van der Waals surface area contributed by atoms with Crippen molar-refractivity contribution in [2.45, 2.75) is 264 Å². The fourth-order valence-corrected chi connectivity index (χ4v) is 7.50. The number of hydrogen-bond acceptors (Lipinski definition) is 6. The summed E-state index contributed by atoms with van der Waals surface area (Å²) in [5.41, 5.74) is 0. The van der Waals surface area contributed by atoms with Crippen LogP contribution in [0.2, 0.25) is 0 Å². The molecule has 0 N–H and O–H groups in total. The number of unbranched alkanes of at least 4 members (excludes halogenated alkanes) is 24. The van der Waals surface area contributed by atoms with Crippen molar-refractivity contribution in [3.8, 4) is 0 Å². The number of carbonyl (C=O) groups is 3. The van der Waals surface area contributed by atoms with Crippen LogP contribution in [0.1, 0.15) is 258 Å². The molecular weight excluding hydrogens is 817 g/mol. The molecule has 0 amide bonds. The highest BCUT2D eigenvalue weighted by molar-refractivity contribution is 5.71. The number of hydrogen-bond donors (Lipinski definition) is 0. The Bertz CT molecular complexity index is 1290. The van der Waals surface area contributed by atoms with Gasteiger partial charge in [-0.05, 0) is 96.3 Å². The highest BCUT2D eigenvalue weighted by Crippen LogP contribution is 2.15. The molecule has 0 aliphatic carbocycles. The number of esters is 3. The lowest BCUT2D eigenvalue weighted by Crippen LogP contribution is -2.30. The highest BCUT2D eigenvalue weighted by Gasteiger charge is 2.19. The highest BCUT2D eigenvalue weighted by atomic mass is 16.6. The lowest BCUT2D eigenvalue weighted by Gasteiger charge is -2.18. The van der Waals surface area contributed by atoms with Gasteiger partial charge in [-0.1, -0.05) is 228 Å². The Morgan fingerprint density at radius 2 is 0.591 bits per heavy atom. The maximum atomic E-state index is 12.8. The van der Waals surface area contributed by atoms with Gasteiger partial charge in [-0.25, -0.2) is 0 Å². The average molecular weight is 919 g/mol. The van der Waals surface area contributed by atoms with Gasteiger partial charge in [-0.2, -0.15) is 0 Å². The summed E-state index contributed by atoms with van der Waals surface area (Å²) in [6, 6.07) is 0. The van der Waals surface area contributed by atoms with Crippen LogP contribution >= 0.6 is 0 Å². The number of allylic oxidation sites excluding steroid dienone is 14. The second-order valence-corrected chi connectivity index (χ2v) is 18.1. The smallest absolute Gasteiger partial charge is 0.306 e. The molecule has 0 aliphatic rings. The minimum absolute atomic E-state index is 0.0907. The second kappa shape index (κ2) is 54.2. The Kier molecular flexibility index (Phi) is 51.4. The zero-order valence-corrected chi connectivity index (χ0v) is 43.2. The van der Waals surface area contributed by atoms with E-state index in [2.05, 4.69) is 106 Å². The summed E-state index contributed by atoms with van der Waals surface area (Å²) in [6.45, 7) is 6.43. The third-order valence-electron chi connectivity index (χ3n) is 11.6. The van der Waals surface area contributed by atoms with E-state index < -0.39 is 6.10 Å². The molecule has 0 aromatic heterocycles. The first kappa shape index (κ1) is 62.6. The average Bonchev–Trinajstić information content (AvgIpc) is 3.31. The third kappa shape index (κ3) is 51.6. The molecule has 0 aromatic carbocycles. The van der Waals surface area contributed by atoms with Gasteiger partial charge in [0, 0.05) is 19.3 Å². The minimum atomic E-state index is -0.792. The van der Waals surface area contributed by atoms with Crippen LogP contribution in [0.5, 0.6) is 0 Å². The molecule has 66 heavy (non-hydrogen) atoms. The Balaban J connectivity index is 4.22. The predicted octanol–water partition coefficient (Wildman–Crippen LogP) is 18.4.